The first-order valence-corrected chi connectivity index (χ1v) is 5.55. The van der Waals surface area contributed by atoms with E-state index in [-0.39, 0.29) is 17.8 Å². The molecule has 0 aliphatic carbocycles. The highest BCUT2D eigenvalue weighted by Crippen LogP contribution is 2.31. The highest BCUT2D eigenvalue weighted by atomic mass is 19.4. The van der Waals surface area contributed by atoms with Gasteiger partial charge in [-0.1, -0.05) is 6.07 Å². The van der Waals surface area contributed by atoms with Gasteiger partial charge in [-0.15, -0.1) is 0 Å². The average Bonchev–Trinajstić information content (AvgIpc) is 2.35. The van der Waals surface area contributed by atoms with Crippen LogP contribution in [-0.4, -0.2) is 29.7 Å². The number of hydrogen-bond acceptors (Lipinski definition) is 2. The number of fused-ring (bicyclic) bond motifs is 1. The maximum absolute atomic E-state index is 12.5. The summed E-state index contributed by atoms with van der Waals surface area (Å²) in [6, 6.07) is 3.89. The Balaban J connectivity index is 2.45. The molecule has 0 aromatic heterocycles. The summed E-state index contributed by atoms with van der Waals surface area (Å²) in [5.74, 6) is -3.20. The highest BCUT2D eigenvalue weighted by Gasteiger charge is 2.44. The normalized spacial score (nSPS) is 15.0. The first-order valence-electron chi connectivity index (χ1n) is 5.55. The number of benzene rings is 1. The largest absolute Gasteiger partial charge is 0.478 e. The third-order valence-corrected chi connectivity index (χ3v) is 2.94. The van der Waals surface area contributed by atoms with E-state index in [1.54, 1.807) is 0 Å². The molecule has 1 N–H and O–H groups in total. The number of hydrogen-bond donors (Lipinski definition) is 1. The van der Waals surface area contributed by atoms with Gasteiger partial charge in [0, 0.05) is 12.2 Å². The lowest BCUT2D eigenvalue weighted by Crippen LogP contribution is -2.44. The van der Waals surface area contributed by atoms with E-state index in [4.69, 9.17) is 5.11 Å². The summed E-state index contributed by atoms with van der Waals surface area (Å²) >= 11 is 0. The van der Waals surface area contributed by atoms with E-state index < -0.39 is 18.1 Å². The van der Waals surface area contributed by atoms with Crippen molar-refractivity contribution in [2.24, 2.45) is 0 Å². The number of carboxylic acids is 1. The quantitative estimate of drug-likeness (QED) is 0.853. The van der Waals surface area contributed by atoms with E-state index in [0.717, 1.165) is 6.07 Å². The van der Waals surface area contributed by atoms with Gasteiger partial charge in [0.1, 0.15) is 0 Å². The van der Waals surface area contributed by atoms with E-state index in [9.17, 15) is 22.8 Å². The standard InChI is InChI=1S/C12H10F3NO3/c13-12(14,15)11(19)16-5-1-2-7-3-4-8(10(17)18)6-9(7)16/h3-4,6H,1-2,5H2,(H,17,18). The summed E-state index contributed by atoms with van der Waals surface area (Å²) in [6.45, 7) is -0.0611. The number of amides is 1. The Kier molecular flexibility index (Phi) is 3.21. The molecule has 1 aliphatic heterocycles. The van der Waals surface area contributed by atoms with Crippen molar-refractivity contribution in [3.05, 3.63) is 29.3 Å². The molecule has 0 spiro atoms. The van der Waals surface area contributed by atoms with Crippen molar-refractivity contribution in [3.8, 4) is 0 Å². The lowest BCUT2D eigenvalue weighted by atomic mass is 9.99. The Morgan fingerprint density at radius 2 is 1.95 bits per heavy atom. The van der Waals surface area contributed by atoms with Gasteiger partial charge < -0.3 is 10.0 Å². The van der Waals surface area contributed by atoms with Crippen LogP contribution in [-0.2, 0) is 11.2 Å². The maximum Gasteiger partial charge on any atom is 0.471 e. The van der Waals surface area contributed by atoms with Gasteiger partial charge in [0.05, 0.1) is 5.56 Å². The third-order valence-electron chi connectivity index (χ3n) is 2.94. The lowest BCUT2D eigenvalue weighted by molar-refractivity contribution is -0.170. The van der Waals surface area contributed by atoms with Crippen molar-refractivity contribution >= 4 is 17.6 Å². The van der Waals surface area contributed by atoms with Crippen LogP contribution < -0.4 is 4.90 Å². The zero-order chi connectivity index (χ0) is 14.2. The zero-order valence-corrected chi connectivity index (χ0v) is 9.70. The minimum Gasteiger partial charge on any atom is -0.478 e. The monoisotopic (exact) mass is 273 g/mol. The molecule has 1 heterocycles. The van der Waals surface area contributed by atoms with Crippen molar-refractivity contribution in [1.29, 1.82) is 0 Å². The van der Waals surface area contributed by atoms with Gasteiger partial charge in [-0.2, -0.15) is 13.2 Å². The molecule has 0 unspecified atom stereocenters. The second-order valence-electron chi connectivity index (χ2n) is 4.21. The molecule has 2 rings (SSSR count). The van der Waals surface area contributed by atoms with E-state index in [1.165, 1.54) is 12.1 Å². The molecule has 7 heteroatoms. The highest BCUT2D eigenvalue weighted by molar-refractivity contribution is 5.99. The number of alkyl halides is 3. The fourth-order valence-corrected chi connectivity index (χ4v) is 2.07. The minimum absolute atomic E-state index is 0.0356. The van der Waals surface area contributed by atoms with Crippen molar-refractivity contribution < 1.29 is 27.9 Å². The van der Waals surface area contributed by atoms with E-state index >= 15 is 0 Å². The molecule has 19 heavy (non-hydrogen) atoms. The van der Waals surface area contributed by atoms with Crippen molar-refractivity contribution in [2.45, 2.75) is 19.0 Å². The first kappa shape index (κ1) is 13.4. The Labute approximate surface area is 106 Å². The number of rotatable bonds is 1. The number of nitrogens with zero attached hydrogens (tertiary/aromatic N) is 1. The van der Waals surface area contributed by atoms with Gasteiger partial charge in [-0.3, -0.25) is 4.79 Å². The summed E-state index contributed by atoms with van der Waals surface area (Å²) in [6.07, 6.45) is -4.02. The molecular weight excluding hydrogens is 263 g/mol. The van der Waals surface area contributed by atoms with Crippen LogP contribution in [0.25, 0.3) is 0 Å². The number of aryl methyl sites for hydroxylation is 1. The minimum atomic E-state index is -4.96. The molecule has 4 nitrogen and oxygen atoms in total. The van der Waals surface area contributed by atoms with Crippen LogP contribution in [0, 0.1) is 0 Å². The summed E-state index contributed by atoms with van der Waals surface area (Å²) < 4.78 is 37.4. The Bertz CT molecular complexity index is 540. The number of aromatic carboxylic acids is 1. The Morgan fingerprint density at radius 3 is 2.53 bits per heavy atom. The van der Waals surface area contributed by atoms with Crippen LogP contribution >= 0.6 is 0 Å². The molecule has 0 bridgehead atoms. The predicted molar refractivity (Wildman–Crippen MR) is 60.1 cm³/mol. The summed E-state index contributed by atoms with van der Waals surface area (Å²) in [7, 11) is 0. The van der Waals surface area contributed by atoms with Gasteiger partial charge in [-0.25, -0.2) is 4.79 Å². The number of carbonyl (C=O) groups is 2. The van der Waals surface area contributed by atoms with Gasteiger partial charge in [-0.05, 0) is 30.5 Å². The second-order valence-corrected chi connectivity index (χ2v) is 4.21. The topological polar surface area (TPSA) is 57.6 Å². The van der Waals surface area contributed by atoms with Gasteiger partial charge in [0.2, 0.25) is 0 Å². The summed E-state index contributed by atoms with van der Waals surface area (Å²) in [4.78, 5) is 22.8. The average molecular weight is 273 g/mol. The van der Waals surface area contributed by atoms with Crippen LogP contribution in [0.4, 0.5) is 18.9 Å². The predicted octanol–water partition coefficient (Wildman–Crippen LogP) is 2.23. The molecule has 0 fully saturated rings. The number of carbonyl (C=O) groups excluding carboxylic acids is 1. The van der Waals surface area contributed by atoms with Crippen LogP contribution in [0.2, 0.25) is 0 Å². The molecule has 0 atom stereocenters. The second kappa shape index (κ2) is 4.56. The first-order chi connectivity index (χ1) is 8.80. The molecule has 0 radical (unpaired) electrons. The molecule has 1 aromatic carbocycles. The number of halogens is 3. The summed E-state index contributed by atoms with van der Waals surface area (Å²) in [5, 5.41) is 8.85. The summed E-state index contributed by atoms with van der Waals surface area (Å²) in [5.41, 5.74) is 0.447. The fraction of sp³-hybridized carbons (Fsp3) is 0.333. The van der Waals surface area contributed by atoms with Crippen LogP contribution in [0.15, 0.2) is 18.2 Å². The van der Waals surface area contributed by atoms with E-state index in [1.807, 2.05) is 0 Å². The lowest BCUT2D eigenvalue weighted by Gasteiger charge is -2.30. The zero-order valence-electron chi connectivity index (χ0n) is 9.70. The van der Waals surface area contributed by atoms with Crippen LogP contribution in [0.3, 0.4) is 0 Å². The van der Waals surface area contributed by atoms with E-state index in [2.05, 4.69) is 0 Å². The maximum atomic E-state index is 12.5. The van der Waals surface area contributed by atoms with Crippen molar-refractivity contribution in [2.75, 3.05) is 11.4 Å². The van der Waals surface area contributed by atoms with Gasteiger partial charge in [0.15, 0.2) is 0 Å². The van der Waals surface area contributed by atoms with Crippen LogP contribution in [0.5, 0.6) is 0 Å². The SMILES string of the molecule is O=C(O)c1ccc2c(c1)N(C(=O)C(F)(F)F)CCC2. The molecule has 0 saturated heterocycles. The van der Waals surface area contributed by atoms with Gasteiger partial charge >= 0.3 is 18.1 Å². The molecule has 0 saturated carbocycles. The molecule has 1 aliphatic rings. The number of carboxylic acid groups (broad SMARTS) is 1. The third kappa shape index (κ3) is 2.54. The van der Waals surface area contributed by atoms with Gasteiger partial charge in [0.25, 0.3) is 0 Å². The fourth-order valence-electron chi connectivity index (χ4n) is 2.07. The molecule has 1 aromatic rings. The van der Waals surface area contributed by atoms with E-state index in [0.29, 0.717) is 23.3 Å². The van der Waals surface area contributed by atoms with Crippen LogP contribution in [0.1, 0.15) is 22.3 Å². The number of anilines is 1. The Hall–Kier alpha value is -2.05. The molecular formula is C12H10F3NO3. The molecule has 1 amide bonds. The Morgan fingerprint density at radius 1 is 1.26 bits per heavy atom. The van der Waals surface area contributed by atoms with Crippen molar-refractivity contribution in [1.82, 2.24) is 0 Å². The molecule has 102 valence electrons. The smallest absolute Gasteiger partial charge is 0.471 e. The van der Waals surface area contributed by atoms with Crippen molar-refractivity contribution in [3.63, 3.8) is 0 Å².